The molecular weight excluding hydrogens is 456 g/mol. The molecule has 0 fully saturated rings. The molecule has 36 heavy (non-hydrogen) atoms. The molecule has 0 unspecified atom stereocenters. The summed E-state index contributed by atoms with van der Waals surface area (Å²) in [7, 11) is 0. The van der Waals surface area contributed by atoms with Crippen molar-refractivity contribution in [1.29, 1.82) is 0 Å². The van der Waals surface area contributed by atoms with E-state index >= 15 is 0 Å². The molecule has 0 aliphatic carbocycles. The first kappa shape index (κ1) is 25.0. The molecule has 0 radical (unpaired) electrons. The van der Waals surface area contributed by atoms with E-state index in [2.05, 4.69) is 32.5 Å². The number of nitrogens with zero attached hydrogens (tertiary/aromatic N) is 3. The summed E-state index contributed by atoms with van der Waals surface area (Å²) in [4.78, 5) is 37.7. The Bertz CT molecular complexity index is 1300. The predicted octanol–water partition coefficient (Wildman–Crippen LogP) is 3.66. The SMILES string of the molecule is CCCCCOc1cnc(NCCc2ccccc2)c(=O)n1CC(=O)NCc1cc2cnccc2[nH]1. The Labute approximate surface area is 209 Å². The standard InChI is InChI=1S/C27H32N6O3/c1-2-3-7-14-36-25-18-31-26(29-13-10-20-8-5-4-6-9-20)27(35)33(25)19-24(34)30-17-22-15-21-16-28-12-11-23(21)32-22/h4-6,8-9,11-12,15-16,18,32H,2-3,7,10,13-14,17,19H2,1H3,(H,29,31)(H,30,34). The molecule has 1 amide bonds. The van der Waals surface area contributed by atoms with Gasteiger partial charge < -0.3 is 20.4 Å². The molecule has 1 aromatic carbocycles. The van der Waals surface area contributed by atoms with E-state index in [0.29, 0.717) is 19.7 Å². The van der Waals surface area contributed by atoms with Crippen LogP contribution in [0.5, 0.6) is 5.88 Å². The number of anilines is 1. The minimum Gasteiger partial charge on any atom is -0.478 e. The van der Waals surface area contributed by atoms with Gasteiger partial charge in [0.1, 0.15) is 6.54 Å². The molecular formula is C27H32N6O3. The summed E-state index contributed by atoms with van der Waals surface area (Å²) in [5.41, 5.74) is 2.58. The summed E-state index contributed by atoms with van der Waals surface area (Å²) in [5.74, 6) is 0.188. The fourth-order valence-corrected chi connectivity index (χ4v) is 3.88. The third-order valence-corrected chi connectivity index (χ3v) is 5.82. The van der Waals surface area contributed by atoms with Gasteiger partial charge in [-0.3, -0.25) is 19.1 Å². The zero-order chi connectivity index (χ0) is 25.2. The van der Waals surface area contributed by atoms with Gasteiger partial charge in [-0.15, -0.1) is 0 Å². The second kappa shape index (κ2) is 12.5. The smallest absolute Gasteiger partial charge is 0.296 e. The Kier molecular flexibility index (Phi) is 8.69. The zero-order valence-electron chi connectivity index (χ0n) is 20.5. The van der Waals surface area contributed by atoms with Gasteiger partial charge in [0.25, 0.3) is 5.56 Å². The lowest BCUT2D eigenvalue weighted by Gasteiger charge is -2.15. The molecule has 4 aromatic rings. The number of benzene rings is 1. The second-order valence-electron chi connectivity index (χ2n) is 8.59. The van der Waals surface area contributed by atoms with Crippen molar-refractivity contribution in [2.45, 2.75) is 45.7 Å². The average molecular weight is 489 g/mol. The van der Waals surface area contributed by atoms with Crippen LogP contribution in [0.3, 0.4) is 0 Å². The first-order chi connectivity index (χ1) is 17.6. The Hall–Kier alpha value is -4.14. The second-order valence-corrected chi connectivity index (χ2v) is 8.59. The third-order valence-electron chi connectivity index (χ3n) is 5.82. The van der Waals surface area contributed by atoms with E-state index in [0.717, 1.165) is 47.8 Å². The lowest BCUT2D eigenvalue weighted by Crippen LogP contribution is -2.34. The largest absolute Gasteiger partial charge is 0.478 e. The van der Waals surface area contributed by atoms with Gasteiger partial charge in [-0.25, -0.2) is 4.98 Å². The van der Waals surface area contributed by atoms with Gasteiger partial charge in [-0.05, 0) is 30.5 Å². The lowest BCUT2D eigenvalue weighted by atomic mass is 10.1. The maximum absolute atomic E-state index is 13.2. The van der Waals surface area contributed by atoms with E-state index in [1.54, 1.807) is 12.4 Å². The number of aromatic nitrogens is 4. The van der Waals surface area contributed by atoms with E-state index in [4.69, 9.17) is 4.74 Å². The third kappa shape index (κ3) is 6.71. The molecule has 0 atom stereocenters. The highest BCUT2D eigenvalue weighted by Crippen LogP contribution is 2.14. The van der Waals surface area contributed by atoms with Crippen molar-refractivity contribution >= 4 is 22.6 Å². The normalized spacial score (nSPS) is 10.9. The number of hydrogen-bond acceptors (Lipinski definition) is 6. The maximum Gasteiger partial charge on any atom is 0.296 e. The summed E-state index contributed by atoms with van der Waals surface area (Å²) in [6.45, 7) is 3.26. The highest BCUT2D eigenvalue weighted by Gasteiger charge is 2.15. The van der Waals surface area contributed by atoms with Gasteiger partial charge in [-0.1, -0.05) is 50.1 Å². The first-order valence-corrected chi connectivity index (χ1v) is 12.3. The molecule has 3 heterocycles. The molecule has 3 aromatic heterocycles. The van der Waals surface area contributed by atoms with E-state index in [1.165, 1.54) is 10.8 Å². The van der Waals surface area contributed by atoms with Gasteiger partial charge in [0.05, 0.1) is 19.3 Å². The molecule has 0 bridgehead atoms. The average Bonchev–Trinajstić information content (AvgIpc) is 3.32. The van der Waals surface area contributed by atoms with Gasteiger partial charge in [0.15, 0.2) is 5.82 Å². The number of aromatic amines is 1. The monoisotopic (exact) mass is 488 g/mol. The van der Waals surface area contributed by atoms with Crippen LogP contribution in [0.15, 0.2) is 65.8 Å². The summed E-state index contributed by atoms with van der Waals surface area (Å²) < 4.78 is 7.17. The molecule has 3 N–H and O–H groups in total. The number of amides is 1. The van der Waals surface area contributed by atoms with Crippen molar-refractivity contribution in [2.24, 2.45) is 0 Å². The van der Waals surface area contributed by atoms with Crippen molar-refractivity contribution in [2.75, 3.05) is 18.5 Å². The van der Waals surface area contributed by atoms with Crippen LogP contribution in [0.2, 0.25) is 0 Å². The van der Waals surface area contributed by atoms with Gasteiger partial charge in [0, 0.05) is 35.5 Å². The van der Waals surface area contributed by atoms with Crippen LogP contribution < -0.4 is 20.9 Å². The van der Waals surface area contributed by atoms with Crippen LogP contribution in [0.25, 0.3) is 10.9 Å². The van der Waals surface area contributed by atoms with Gasteiger partial charge in [0.2, 0.25) is 11.8 Å². The number of H-pyrrole nitrogens is 1. The number of fused-ring (bicyclic) bond motifs is 1. The first-order valence-electron chi connectivity index (χ1n) is 12.3. The van der Waals surface area contributed by atoms with Crippen LogP contribution in [-0.4, -0.2) is 38.6 Å². The van der Waals surface area contributed by atoms with Gasteiger partial charge >= 0.3 is 0 Å². The summed E-state index contributed by atoms with van der Waals surface area (Å²) >= 11 is 0. The van der Waals surface area contributed by atoms with E-state index in [1.807, 2.05) is 42.5 Å². The van der Waals surface area contributed by atoms with E-state index < -0.39 is 0 Å². The number of nitrogens with one attached hydrogen (secondary N) is 3. The lowest BCUT2D eigenvalue weighted by molar-refractivity contribution is -0.122. The Morgan fingerprint density at radius 2 is 2.00 bits per heavy atom. The van der Waals surface area contributed by atoms with Crippen molar-refractivity contribution in [3.8, 4) is 5.88 Å². The minimum absolute atomic E-state index is 0.167. The van der Waals surface area contributed by atoms with Crippen molar-refractivity contribution < 1.29 is 9.53 Å². The Morgan fingerprint density at radius 3 is 2.81 bits per heavy atom. The highest BCUT2D eigenvalue weighted by molar-refractivity contribution is 5.80. The quantitative estimate of drug-likeness (QED) is 0.248. The molecule has 0 spiro atoms. The molecule has 0 saturated heterocycles. The number of carbonyl (C=O) groups is 1. The topological polar surface area (TPSA) is 114 Å². The van der Waals surface area contributed by atoms with Crippen molar-refractivity contribution in [1.82, 2.24) is 24.8 Å². The number of hydrogen-bond donors (Lipinski definition) is 3. The summed E-state index contributed by atoms with van der Waals surface area (Å²) in [6, 6.07) is 13.8. The van der Waals surface area contributed by atoms with Crippen LogP contribution in [-0.2, 0) is 24.3 Å². The Morgan fingerprint density at radius 1 is 1.14 bits per heavy atom. The fourth-order valence-electron chi connectivity index (χ4n) is 3.88. The Balaban J connectivity index is 1.43. The van der Waals surface area contributed by atoms with Crippen molar-refractivity contribution in [3.63, 3.8) is 0 Å². The molecule has 188 valence electrons. The molecule has 9 nitrogen and oxygen atoms in total. The number of unbranched alkanes of at least 4 members (excludes halogenated alkanes) is 2. The molecule has 0 aliphatic heterocycles. The zero-order valence-corrected chi connectivity index (χ0v) is 20.5. The minimum atomic E-state index is -0.386. The number of carbonyl (C=O) groups excluding carboxylic acids is 1. The van der Waals surface area contributed by atoms with E-state index in [9.17, 15) is 9.59 Å². The predicted molar refractivity (Wildman–Crippen MR) is 140 cm³/mol. The van der Waals surface area contributed by atoms with Crippen LogP contribution in [0.4, 0.5) is 5.82 Å². The molecule has 0 aliphatic rings. The number of rotatable bonds is 13. The van der Waals surface area contributed by atoms with Crippen LogP contribution >= 0.6 is 0 Å². The number of pyridine rings is 1. The highest BCUT2D eigenvalue weighted by atomic mass is 16.5. The fraction of sp³-hybridized carbons (Fsp3) is 0.333. The maximum atomic E-state index is 13.2. The molecule has 0 saturated carbocycles. The summed E-state index contributed by atoms with van der Waals surface area (Å²) in [6.07, 6.45) is 8.69. The van der Waals surface area contributed by atoms with Gasteiger partial charge in [-0.2, -0.15) is 0 Å². The van der Waals surface area contributed by atoms with Crippen molar-refractivity contribution in [3.05, 3.63) is 82.7 Å². The van der Waals surface area contributed by atoms with E-state index in [-0.39, 0.29) is 29.7 Å². The summed E-state index contributed by atoms with van der Waals surface area (Å²) in [5, 5.41) is 6.96. The number of ether oxygens (including phenoxy) is 1. The molecule has 4 rings (SSSR count). The molecule has 9 heteroatoms. The van der Waals surface area contributed by atoms with Crippen LogP contribution in [0, 0.1) is 0 Å². The van der Waals surface area contributed by atoms with Crippen LogP contribution in [0.1, 0.15) is 37.4 Å².